The molecule has 0 aliphatic carbocycles. The van der Waals surface area contributed by atoms with Gasteiger partial charge in [0.25, 0.3) is 0 Å². The second-order valence-corrected chi connectivity index (χ2v) is 6.58. The third-order valence-corrected chi connectivity index (χ3v) is 3.51. The summed E-state index contributed by atoms with van der Waals surface area (Å²) in [5.74, 6) is 0.793. The van der Waals surface area contributed by atoms with Gasteiger partial charge in [0, 0.05) is 16.6 Å². The summed E-state index contributed by atoms with van der Waals surface area (Å²) in [5, 5.41) is 13.0. The quantitative estimate of drug-likeness (QED) is 0.839. The first-order chi connectivity index (χ1) is 8.81. The summed E-state index contributed by atoms with van der Waals surface area (Å²) >= 11 is 3.55. The molecule has 1 unspecified atom stereocenters. The molecule has 2 N–H and O–H groups in total. The molecule has 3 nitrogen and oxygen atoms in total. The first-order valence-corrected chi connectivity index (χ1v) is 7.45. The third-order valence-electron chi connectivity index (χ3n) is 2.74. The Labute approximate surface area is 124 Å². The summed E-state index contributed by atoms with van der Waals surface area (Å²) in [5.41, 5.74) is 1.23. The fourth-order valence-electron chi connectivity index (χ4n) is 1.45. The summed E-state index contributed by atoms with van der Waals surface area (Å²) < 4.78 is 6.65. The molecule has 4 heteroatoms. The fraction of sp³-hybridized carbons (Fsp3) is 0.600. The van der Waals surface area contributed by atoms with E-state index < -0.39 is 6.10 Å². The molecule has 0 spiro atoms. The number of rotatable bonds is 6. The smallest absolute Gasteiger partial charge is 0.119 e. The average molecular weight is 330 g/mol. The van der Waals surface area contributed by atoms with Crippen LogP contribution in [0.4, 0.5) is 0 Å². The maximum atomic E-state index is 9.51. The van der Waals surface area contributed by atoms with E-state index in [9.17, 15) is 5.11 Å². The molecule has 0 aromatic heterocycles. The van der Waals surface area contributed by atoms with Crippen molar-refractivity contribution in [3.63, 3.8) is 0 Å². The van der Waals surface area contributed by atoms with Crippen LogP contribution in [-0.4, -0.2) is 23.4 Å². The van der Waals surface area contributed by atoms with Crippen molar-refractivity contribution in [3.05, 3.63) is 28.2 Å². The van der Waals surface area contributed by atoms with Crippen molar-refractivity contribution in [1.29, 1.82) is 0 Å². The predicted molar refractivity (Wildman–Crippen MR) is 82.5 cm³/mol. The van der Waals surface area contributed by atoms with Gasteiger partial charge in [-0.05, 0) is 51.0 Å². The lowest BCUT2D eigenvalue weighted by molar-refractivity contribution is 0.104. The Hall–Kier alpha value is -0.580. The molecule has 108 valence electrons. The molecule has 0 fully saturated rings. The number of aliphatic hydroxyl groups excluding tert-OH is 1. The van der Waals surface area contributed by atoms with Crippen LogP contribution in [0.15, 0.2) is 22.7 Å². The van der Waals surface area contributed by atoms with Crippen LogP contribution in [0, 0.1) is 0 Å². The largest absolute Gasteiger partial charge is 0.491 e. The van der Waals surface area contributed by atoms with Gasteiger partial charge in [0.2, 0.25) is 0 Å². The van der Waals surface area contributed by atoms with Crippen LogP contribution < -0.4 is 10.1 Å². The van der Waals surface area contributed by atoms with E-state index in [1.54, 1.807) is 0 Å². The summed E-state index contributed by atoms with van der Waals surface area (Å²) in [6, 6.07) is 5.89. The minimum atomic E-state index is -0.403. The molecule has 0 aliphatic rings. The lowest BCUT2D eigenvalue weighted by Gasteiger charge is -2.21. The van der Waals surface area contributed by atoms with Crippen LogP contribution in [0.25, 0.3) is 0 Å². The fourth-order valence-corrected chi connectivity index (χ4v) is 1.83. The lowest BCUT2D eigenvalue weighted by atomic mass is 10.1. The topological polar surface area (TPSA) is 41.5 Å². The molecule has 0 radical (unpaired) electrons. The molecule has 19 heavy (non-hydrogen) atoms. The number of benzene rings is 1. The van der Waals surface area contributed by atoms with E-state index in [1.807, 2.05) is 25.1 Å². The SMILES string of the molecule is CCC(O)COc1ccc(Br)c(CNC(C)(C)C)c1. The molecule has 0 bridgehead atoms. The van der Waals surface area contributed by atoms with E-state index in [2.05, 4.69) is 42.0 Å². The Bertz CT molecular complexity index is 402. The Morgan fingerprint density at radius 2 is 2.05 bits per heavy atom. The molecule has 1 aromatic carbocycles. The van der Waals surface area contributed by atoms with E-state index in [0.29, 0.717) is 13.0 Å². The zero-order valence-electron chi connectivity index (χ0n) is 12.2. The molecule has 0 saturated carbocycles. The highest BCUT2D eigenvalue weighted by Crippen LogP contribution is 2.23. The van der Waals surface area contributed by atoms with Gasteiger partial charge in [-0.2, -0.15) is 0 Å². The summed E-state index contributed by atoms with van der Waals surface area (Å²) in [7, 11) is 0. The van der Waals surface area contributed by atoms with Crippen molar-refractivity contribution in [2.75, 3.05) is 6.61 Å². The molecule has 0 amide bonds. The van der Waals surface area contributed by atoms with Crippen LogP contribution >= 0.6 is 15.9 Å². The lowest BCUT2D eigenvalue weighted by Crippen LogP contribution is -2.35. The van der Waals surface area contributed by atoms with E-state index in [4.69, 9.17) is 4.74 Å². The predicted octanol–water partition coefficient (Wildman–Crippen LogP) is 3.49. The van der Waals surface area contributed by atoms with Gasteiger partial charge in [-0.3, -0.25) is 0 Å². The van der Waals surface area contributed by atoms with Crippen molar-refractivity contribution in [1.82, 2.24) is 5.32 Å². The molecule has 0 heterocycles. The van der Waals surface area contributed by atoms with E-state index in [0.717, 1.165) is 22.3 Å². The Morgan fingerprint density at radius 3 is 2.63 bits per heavy atom. The average Bonchev–Trinajstić information content (AvgIpc) is 2.34. The zero-order chi connectivity index (χ0) is 14.5. The van der Waals surface area contributed by atoms with Crippen LogP contribution in [-0.2, 0) is 6.54 Å². The van der Waals surface area contributed by atoms with Gasteiger partial charge in [0.15, 0.2) is 0 Å². The monoisotopic (exact) mass is 329 g/mol. The van der Waals surface area contributed by atoms with Gasteiger partial charge in [0.05, 0.1) is 6.10 Å². The van der Waals surface area contributed by atoms with E-state index in [1.165, 1.54) is 0 Å². The summed E-state index contributed by atoms with van der Waals surface area (Å²) in [4.78, 5) is 0. The highest BCUT2D eigenvalue weighted by Gasteiger charge is 2.11. The first-order valence-electron chi connectivity index (χ1n) is 6.66. The zero-order valence-corrected chi connectivity index (χ0v) is 13.8. The number of hydrogen-bond donors (Lipinski definition) is 2. The highest BCUT2D eigenvalue weighted by atomic mass is 79.9. The maximum absolute atomic E-state index is 9.51. The number of aliphatic hydroxyl groups is 1. The third kappa shape index (κ3) is 6.41. The standard InChI is InChI=1S/C15H24BrNO2/c1-5-12(18)10-19-13-6-7-14(16)11(8-13)9-17-15(2,3)4/h6-8,12,17-18H,5,9-10H2,1-4H3. The Kier molecular flexibility index (Phi) is 6.30. The van der Waals surface area contributed by atoms with Crippen molar-refractivity contribution >= 4 is 15.9 Å². The second kappa shape index (κ2) is 7.27. The molecule has 0 saturated heterocycles. The van der Waals surface area contributed by atoms with Gasteiger partial charge in [-0.1, -0.05) is 22.9 Å². The Balaban J connectivity index is 2.66. The van der Waals surface area contributed by atoms with Gasteiger partial charge in [-0.25, -0.2) is 0 Å². The molecular weight excluding hydrogens is 306 g/mol. The molecular formula is C15H24BrNO2. The van der Waals surface area contributed by atoms with Crippen molar-refractivity contribution < 1.29 is 9.84 Å². The molecule has 1 rings (SSSR count). The van der Waals surface area contributed by atoms with E-state index >= 15 is 0 Å². The highest BCUT2D eigenvalue weighted by molar-refractivity contribution is 9.10. The first kappa shape index (κ1) is 16.5. The normalized spacial score (nSPS) is 13.4. The number of hydrogen-bond acceptors (Lipinski definition) is 3. The van der Waals surface area contributed by atoms with E-state index in [-0.39, 0.29) is 5.54 Å². The minimum Gasteiger partial charge on any atom is -0.491 e. The van der Waals surface area contributed by atoms with Gasteiger partial charge in [-0.15, -0.1) is 0 Å². The van der Waals surface area contributed by atoms with Crippen molar-refractivity contribution in [3.8, 4) is 5.75 Å². The second-order valence-electron chi connectivity index (χ2n) is 5.73. The maximum Gasteiger partial charge on any atom is 0.119 e. The molecule has 1 aromatic rings. The number of halogens is 1. The van der Waals surface area contributed by atoms with Gasteiger partial charge < -0.3 is 15.2 Å². The number of ether oxygens (including phenoxy) is 1. The number of nitrogens with one attached hydrogen (secondary N) is 1. The minimum absolute atomic E-state index is 0.0781. The van der Waals surface area contributed by atoms with Crippen LogP contribution in [0.3, 0.4) is 0 Å². The Morgan fingerprint density at radius 1 is 1.37 bits per heavy atom. The van der Waals surface area contributed by atoms with Crippen LogP contribution in [0.2, 0.25) is 0 Å². The molecule has 1 atom stereocenters. The van der Waals surface area contributed by atoms with Crippen molar-refractivity contribution in [2.24, 2.45) is 0 Å². The van der Waals surface area contributed by atoms with Crippen LogP contribution in [0.1, 0.15) is 39.7 Å². The van der Waals surface area contributed by atoms with Gasteiger partial charge >= 0.3 is 0 Å². The molecule has 0 aliphatic heterocycles. The summed E-state index contributed by atoms with van der Waals surface area (Å²) in [6.45, 7) is 9.47. The van der Waals surface area contributed by atoms with Gasteiger partial charge in [0.1, 0.15) is 12.4 Å². The summed E-state index contributed by atoms with van der Waals surface area (Å²) in [6.07, 6.45) is 0.300. The van der Waals surface area contributed by atoms with Crippen LogP contribution in [0.5, 0.6) is 5.75 Å². The van der Waals surface area contributed by atoms with Crippen molar-refractivity contribution in [2.45, 2.75) is 52.3 Å².